The molecule has 32 valence electrons. The van der Waals surface area contributed by atoms with Gasteiger partial charge in [0.25, 0.3) is 0 Å². The maximum atomic E-state index is 8.56. The second kappa shape index (κ2) is 15.8. The summed E-state index contributed by atoms with van der Waals surface area (Å²) in [6.07, 6.45) is -1.83. The van der Waals surface area contributed by atoms with E-state index in [0.29, 0.717) is 0 Å². The van der Waals surface area contributed by atoms with Gasteiger partial charge in [0.2, 0.25) is 0 Å². The van der Waals surface area contributed by atoms with Crippen LogP contribution in [-0.4, -0.2) is 114 Å². The van der Waals surface area contributed by atoms with Gasteiger partial charge in [-0.2, -0.15) is 0 Å². The molecular formula is CH6BaLiNaO3. The number of hydrogen-bond acceptors (Lipinski definition) is 1. The predicted octanol–water partition coefficient (Wildman–Crippen LogP) is -1.99. The first-order valence-corrected chi connectivity index (χ1v) is 0.651. The van der Waals surface area contributed by atoms with Crippen LogP contribution in [0.5, 0.6) is 0 Å². The van der Waals surface area contributed by atoms with Crippen molar-refractivity contribution in [1.82, 2.24) is 0 Å². The molecule has 0 saturated heterocycles. The van der Waals surface area contributed by atoms with Crippen LogP contribution in [0.25, 0.3) is 0 Å². The van der Waals surface area contributed by atoms with Crippen molar-refractivity contribution in [2.75, 3.05) is 0 Å². The first-order valence-electron chi connectivity index (χ1n) is 0.651. The number of carboxylic acid groups (broad SMARTS) is 2. The van der Waals surface area contributed by atoms with Crippen LogP contribution in [0, 0.1) is 0 Å². The minimum atomic E-state index is -1.83. The Bertz CT molecular complexity index is 37.9. The van der Waals surface area contributed by atoms with Gasteiger partial charge in [-0.05, 0) is 0 Å². The molecule has 0 aliphatic heterocycles. The van der Waals surface area contributed by atoms with E-state index in [1.165, 1.54) is 0 Å². The molecule has 0 aliphatic rings. The summed E-state index contributed by atoms with van der Waals surface area (Å²) in [6, 6.07) is 0. The third-order valence-corrected chi connectivity index (χ3v) is 0. The van der Waals surface area contributed by atoms with E-state index in [2.05, 4.69) is 0 Å². The molecule has 0 unspecified atom stereocenters. The molecule has 0 atom stereocenters. The summed E-state index contributed by atoms with van der Waals surface area (Å²) >= 11 is 0. The van der Waals surface area contributed by atoms with Gasteiger partial charge in [0, 0.05) is 0 Å². The normalized spacial score (nSPS) is 3.43. The van der Waals surface area contributed by atoms with Crippen molar-refractivity contribution in [2.45, 2.75) is 0 Å². The third kappa shape index (κ3) is 58.8. The first-order chi connectivity index (χ1) is 1.73. The topological polar surface area (TPSA) is 57.5 Å². The second-order valence-corrected chi connectivity index (χ2v) is 0.283. The molecule has 0 rings (SSSR count). The van der Waals surface area contributed by atoms with Crippen LogP contribution in [-0.2, 0) is 0 Å². The van der Waals surface area contributed by atoms with E-state index in [-0.39, 0.29) is 97.3 Å². The van der Waals surface area contributed by atoms with E-state index < -0.39 is 6.16 Å². The molecular weight excluding hydrogens is 227 g/mol. The summed E-state index contributed by atoms with van der Waals surface area (Å²) < 4.78 is 0. The van der Waals surface area contributed by atoms with Crippen molar-refractivity contribution >= 4 is 103 Å². The van der Waals surface area contributed by atoms with Crippen LogP contribution < -0.4 is 0 Å². The Morgan fingerprint density at radius 2 is 1.29 bits per heavy atom. The monoisotopic (exact) mass is 234 g/mol. The quantitative estimate of drug-likeness (QED) is 0.476. The summed E-state index contributed by atoms with van der Waals surface area (Å²) in [5, 5.41) is 13.9. The first kappa shape index (κ1) is 22.7. The molecule has 0 aromatic heterocycles. The molecule has 0 aromatic carbocycles. The molecule has 3 nitrogen and oxygen atoms in total. The van der Waals surface area contributed by atoms with Gasteiger partial charge in [-0.15, -0.1) is 0 Å². The van der Waals surface area contributed by atoms with Crippen LogP contribution in [0.2, 0.25) is 0 Å². The fraction of sp³-hybridized carbons (Fsp3) is 0. The molecule has 0 saturated carbocycles. The summed E-state index contributed by atoms with van der Waals surface area (Å²) in [4.78, 5) is 8.56. The number of rotatable bonds is 0. The van der Waals surface area contributed by atoms with Crippen molar-refractivity contribution < 1.29 is 15.0 Å². The van der Waals surface area contributed by atoms with Crippen LogP contribution in [0.15, 0.2) is 0 Å². The molecule has 0 amide bonds. The molecule has 0 radical (unpaired) electrons. The molecule has 7 heavy (non-hydrogen) atoms. The molecule has 2 N–H and O–H groups in total. The van der Waals surface area contributed by atoms with Gasteiger partial charge in [0.1, 0.15) is 0 Å². The zero-order valence-electron chi connectivity index (χ0n) is 1.80. The van der Waals surface area contributed by atoms with Gasteiger partial charge in [0.05, 0.1) is 0 Å². The van der Waals surface area contributed by atoms with E-state index in [1.807, 2.05) is 0 Å². The average Bonchev–Trinajstić information content (AvgIpc) is 0.811. The van der Waals surface area contributed by atoms with Gasteiger partial charge in [-0.25, -0.2) is 4.79 Å². The van der Waals surface area contributed by atoms with Gasteiger partial charge in [-0.3, -0.25) is 0 Å². The molecule has 6 heteroatoms. The van der Waals surface area contributed by atoms with Gasteiger partial charge < -0.3 is 10.2 Å². The fourth-order valence-electron chi connectivity index (χ4n) is 0. The van der Waals surface area contributed by atoms with E-state index in [4.69, 9.17) is 15.0 Å². The Hall–Kier alpha value is 2.44. The van der Waals surface area contributed by atoms with Crippen molar-refractivity contribution in [3.05, 3.63) is 0 Å². The van der Waals surface area contributed by atoms with Gasteiger partial charge in [-0.1, -0.05) is 0 Å². The Morgan fingerprint density at radius 1 is 1.29 bits per heavy atom. The van der Waals surface area contributed by atoms with E-state index >= 15 is 0 Å². The predicted molar refractivity (Wildman–Crippen MR) is 33.5 cm³/mol. The van der Waals surface area contributed by atoms with Gasteiger partial charge in [0.15, 0.2) is 0 Å². The van der Waals surface area contributed by atoms with Crippen molar-refractivity contribution in [2.24, 2.45) is 0 Å². The zero-order chi connectivity index (χ0) is 3.58. The number of carbonyl (C=O) groups is 1. The second-order valence-electron chi connectivity index (χ2n) is 0.283. The zero-order valence-corrected chi connectivity index (χ0v) is 1.80. The number of hydrogen-bond donors (Lipinski definition) is 2. The Labute approximate surface area is 116 Å². The van der Waals surface area contributed by atoms with Crippen molar-refractivity contribution in [1.29, 1.82) is 0 Å². The minimum absolute atomic E-state index is 0. The van der Waals surface area contributed by atoms with Crippen molar-refractivity contribution in [3.8, 4) is 0 Å². The summed E-state index contributed by atoms with van der Waals surface area (Å²) in [7, 11) is 0. The van der Waals surface area contributed by atoms with Crippen molar-refractivity contribution in [3.63, 3.8) is 0 Å². The van der Waals surface area contributed by atoms with Gasteiger partial charge >= 0.3 is 103 Å². The average molecular weight is 233 g/mol. The van der Waals surface area contributed by atoms with Crippen LogP contribution in [0.1, 0.15) is 0 Å². The Balaban J connectivity index is -0.0000000150. The summed E-state index contributed by atoms with van der Waals surface area (Å²) in [5.41, 5.74) is 0. The fourth-order valence-corrected chi connectivity index (χ4v) is 0. The Morgan fingerprint density at radius 3 is 1.29 bits per heavy atom. The summed E-state index contributed by atoms with van der Waals surface area (Å²) in [5.74, 6) is 0. The third-order valence-electron chi connectivity index (χ3n) is 0. The SMILES string of the molecule is O=C(O)O.[BaH2].[LiH].[NaH]. The Kier molecular flexibility index (Phi) is 51.2. The molecule has 0 heterocycles. The van der Waals surface area contributed by atoms with Crippen LogP contribution in [0.4, 0.5) is 4.79 Å². The molecule has 0 bridgehead atoms. The molecule has 0 aliphatic carbocycles. The molecule has 0 spiro atoms. The maximum absolute atomic E-state index is 8.56. The van der Waals surface area contributed by atoms with Crippen LogP contribution in [0.3, 0.4) is 0 Å². The summed E-state index contributed by atoms with van der Waals surface area (Å²) in [6.45, 7) is 0. The van der Waals surface area contributed by atoms with Crippen LogP contribution >= 0.6 is 0 Å². The van der Waals surface area contributed by atoms with E-state index in [1.54, 1.807) is 0 Å². The van der Waals surface area contributed by atoms with E-state index in [0.717, 1.165) is 0 Å². The van der Waals surface area contributed by atoms with E-state index in [9.17, 15) is 0 Å². The standard InChI is InChI=1S/CH2O3.Ba.Li.Na.4H/c2-1(3)4;;;;;;;/h(H2,2,3,4);;;;;;;. The molecule has 0 fully saturated rings. The molecule has 0 aromatic rings.